The van der Waals surface area contributed by atoms with Gasteiger partial charge in [-0.1, -0.05) is 6.07 Å². The second-order valence-electron chi connectivity index (χ2n) is 3.62. The van der Waals surface area contributed by atoms with Crippen LogP contribution in [0, 0.1) is 10.1 Å². The molecule has 0 aliphatic carbocycles. The first kappa shape index (κ1) is 13.0. The van der Waals surface area contributed by atoms with Gasteiger partial charge in [-0.15, -0.1) is 0 Å². The summed E-state index contributed by atoms with van der Waals surface area (Å²) in [4.78, 5) is 15.8. The molecule has 1 rings (SSSR count). The summed E-state index contributed by atoms with van der Waals surface area (Å²) in [7, 11) is 3.45. The predicted octanol–water partition coefficient (Wildman–Crippen LogP) is 1.37. The molecule has 0 aliphatic heterocycles. The minimum absolute atomic E-state index is 0.00218. The van der Waals surface area contributed by atoms with E-state index in [4.69, 9.17) is 0 Å². The van der Waals surface area contributed by atoms with E-state index in [9.17, 15) is 10.1 Å². The maximum absolute atomic E-state index is 10.5. The molecule has 1 aromatic heterocycles. The molecule has 1 aromatic rings. The van der Waals surface area contributed by atoms with Crippen LogP contribution >= 0.6 is 0 Å². The summed E-state index contributed by atoms with van der Waals surface area (Å²) in [6.07, 6.45) is 4.40. The van der Waals surface area contributed by atoms with Crippen LogP contribution in [0.4, 0.5) is 0 Å². The molecule has 1 atom stereocenters. The van der Waals surface area contributed by atoms with Gasteiger partial charge in [-0.3, -0.25) is 15.1 Å². The summed E-state index contributed by atoms with van der Waals surface area (Å²) in [5.74, 6) is 0.450. The number of nitro groups is 1. The highest BCUT2D eigenvalue weighted by atomic mass is 16.6. The van der Waals surface area contributed by atoms with Crippen LogP contribution in [0.25, 0.3) is 0 Å². The Morgan fingerprint density at radius 1 is 1.71 bits per heavy atom. The zero-order valence-corrected chi connectivity index (χ0v) is 10.1. The van der Waals surface area contributed by atoms with E-state index < -0.39 is 4.92 Å². The molecule has 0 saturated carbocycles. The number of hydrogen-bond acceptors (Lipinski definition) is 5. The maximum Gasteiger partial charge on any atom is 0.274 e. The predicted molar refractivity (Wildman–Crippen MR) is 64.6 cm³/mol. The van der Waals surface area contributed by atoms with Gasteiger partial charge in [-0.25, -0.2) is 0 Å². The summed E-state index contributed by atoms with van der Waals surface area (Å²) in [5, 5.41) is 13.3. The summed E-state index contributed by atoms with van der Waals surface area (Å²) in [5.41, 5.74) is 1.000. The van der Waals surface area contributed by atoms with Crippen LogP contribution in [0.1, 0.15) is 18.5 Å². The standard InChI is InChI=1S/C11H16N4O2/c1-9(10-5-4-6-13-7-10)14(3)11(12-2)8-15(16)17/h4-9,12H,1-3H3. The van der Waals surface area contributed by atoms with E-state index in [1.165, 1.54) is 0 Å². The topological polar surface area (TPSA) is 71.3 Å². The molecule has 17 heavy (non-hydrogen) atoms. The van der Waals surface area contributed by atoms with E-state index in [1.807, 2.05) is 19.1 Å². The Hall–Kier alpha value is -2.11. The van der Waals surface area contributed by atoms with Gasteiger partial charge in [-0.2, -0.15) is 0 Å². The normalized spacial score (nSPS) is 13.0. The zero-order valence-electron chi connectivity index (χ0n) is 10.1. The van der Waals surface area contributed by atoms with Crippen molar-refractivity contribution in [2.24, 2.45) is 0 Å². The molecule has 0 saturated heterocycles. The fourth-order valence-electron chi connectivity index (χ4n) is 1.49. The first-order chi connectivity index (χ1) is 8.06. The molecule has 6 nitrogen and oxygen atoms in total. The van der Waals surface area contributed by atoms with Gasteiger partial charge in [0.2, 0.25) is 0 Å². The summed E-state index contributed by atoms with van der Waals surface area (Å²) in [6.45, 7) is 1.96. The molecule has 1 heterocycles. The largest absolute Gasteiger partial charge is 0.370 e. The van der Waals surface area contributed by atoms with Crippen molar-refractivity contribution in [1.29, 1.82) is 0 Å². The molecule has 0 aliphatic rings. The minimum atomic E-state index is -0.474. The van der Waals surface area contributed by atoms with Crippen LogP contribution in [0.3, 0.4) is 0 Å². The van der Waals surface area contributed by atoms with E-state index in [2.05, 4.69) is 10.3 Å². The second-order valence-corrected chi connectivity index (χ2v) is 3.62. The van der Waals surface area contributed by atoms with Crippen LogP contribution in [-0.2, 0) is 0 Å². The van der Waals surface area contributed by atoms with Crippen molar-refractivity contribution >= 4 is 0 Å². The van der Waals surface area contributed by atoms with E-state index >= 15 is 0 Å². The van der Waals surface area contributed by atoms with Crippen molar-refractivity contribution in [3.05, 3.63) is 52.2 Å². The monoisotopic (exact) mass is 236 g/mol. The van der Waals surface area contributed by atoms with Crippen LogP contribution in [0.15, 0.2) is 36.5 Å². The molecule has 92 valence electrons. The first-order valence-electron chi connectivity index (χ1n) is 5.22. The number of rotatable bonds is 5. The summed E-state index contributed by atoms with van der Waals surface area (Å²) < 4.78 is 0. The third-order valence-electron chi connectivity index (χ3n) is 2.61. The molecule has 0 spiro atoms. The van der Waals surface area contributed by atoms with Crippen LogP contribution in [0.5, 0.6) is 0 Å². The van der Waals surface area contributed by atoms with E-state index in [-0.39, 0.29) is 6.04 Å². The number of nitrogens with zero attached hydrogens (tertiary/aromatic N) is 3. The van der Waals surface area contributed by atoms with Crippen LogP contribution < -0.4 is 5.32 Å². The van der Waals surface area contributed by atoms with Gasteiger partial charge in [0, 0.05) is 26.5 Å². The van der Waals surface area contributed by atoms with Gasteiger partial charge in [-0.05, 0) is 18.6 Å². The Bertz CT molecular complexity index is 405. The van der Waals surface area contributed by atoms with Gasteiger partial charge in [0.25, 0.3) is 6.20 Å². The van der Waals surface area contributed by atoms with E-state index in [0.29, 0.717) is 5.82 Å². The Kier molecular flexibility index (Phi) is 4.45. The van der Waals surface area contributed by atoms with Crippen molar-refractivity contribution in [2.45, 2.75) is 13.0 Å². The molecular formula is C11H16N4O2. The third-order valence-corrected chi connectivity index (χ3v) is 2.61. The molecular weight excluding hydrogens is 220 g/mol. The lowest BCUT2D eigenvalue weighted by Gasteiger charge is -2.27. The fraction of sp³-hybridized carbons (Fsp3) is 0.364. The highest BCUT2D eigenvalue weighted by Gasteiger charge is 2.16. The quantitative estimate of drug-likeness (QED) is 0.617. The highest BCUT2D eigenvalue weighted by molar-refractivity contribution is 5.15. The fourth-order valence-corrected chi connectivity index (χ4v) is 1.49. The minimum Gasteiger partial charge on any atom is -0.370 e. The number of nitrogens with one attached hydrogen (secondary N) is 1. The molecule has 1 N–H and O–H groups in total. The molecule has 6 heteroatoms. The van der Waals surface area contributed by atoms with Gasteiger partial charge in [0.1, 0.15) is 0 Å². The lowest BCUT2D eigenvalue weighted by atomic mass is 10.1. The lowest BCUT2D eigenvalue weighted by molar-refractivity contribution is -0.404. The average Bonchev–Trinajstić information content (AvgIpc) is 2.35. The smallest absolute Gasteiger partial charge is 0.274 e. The van der Waals surface area contributed by atoms with Crippen molar-refractivity contribution < 1.29 is 4.92 Å². The van der Waals surface area contributed by atoms with Crippen molar-refractivity contribution in [3.8, 4) is 0 Å². The highest BCUT2D eigenvalue weighted by Crippen LogP contribution is 2.20. The molecule has 1 unspecified atom stereocenters. The Balaban J connectivity index is 2.89. The van der Waals surface area contributed by atoms with Crippen LogP contribution in [-0.4, -0.2) is 28.9 Å². The molecule has 0 fully saturated rings. The number of aromatic nitrogens is 1. The second kappa shape index (κ2) is 5.83. The van der Waals surface area contributed by atoms with Crippen LogP contribution in [0.2, 0.25) is 0 Å². The third kappa shape index (κ3) is 3.44. The molecule has 0 bridgehead atoms. The van der Waals surface area contributed by atoms with Crippen molar-refractivity contribution in [2.75, 3.05) is 14.1 Å². The molecule has 0 aromatic carbocycles. The zero-order chi connectivity index (χ0) is 12.8. The van der Waals surface area contributed by atoms with E-state index in [1.54, 1.807) is 31.4 Å². The van der Waals surface area contributed by atoms with Gasteiger partial charge in [0.15, 0.2) is 5.82 Å². The SMILES string of the molecule is CNC(=C[N+](=O)[O-])N(C)C(C)c1cccnc1. The maximum atomic E-state index is 10.5. The number of hydrogen-bond donors (Lipinski definition) is 1. The molecule has 0 radical (unpaired) electrons. The Morgan fingerprint density at radius 3 is 2.88 bits per heavy atom. The van der Waals surface area contributed by atoms with E-state index in [0.717, 1.165) is 11.8 Å². The molecule has 0 amide bonds. The van der Waals surface area contributed by atoms with Crippen molar-refractivity contribution in [1.82, 2.24) is 15.2 Å². The van der Waals surface area contributed by atoms with Gasteiger partial charge < -0.3 is 10.2 Å². The van der Waals surface area contributed by atoms with Crippen molar-refractivity contribution in [3.63, 3.8) is 0 Å². The first-order valence-corrected chi connectivity index (χ1v) is 5.22. The number of pyridine rings is 1. The summed E-state index contributed by atoms with van der Waals surface area (Å²) in [6, 6.07) is 3.78. The lowest BCUT2D eigenvalue weighted by Crippen LogP contribution is -2.29. The van der Waals surface area contributed by atoms with Gasteiger partial charge >= 0.3 is 0 Å². The van der Waals surface area contributed by atoms with Gasteiger partial charge in [0.05, 0.1) is 11.0 Å². The Morgan fingerprint density at radius 2 is 2.41 bits per heavy atom. The average molecular weight is 236 g/mol. The summed E-state index contributed by atoms with van der Waals surface area (Å²) >= 11 is 0. The Labute approximate surface area is 100 Å².